The summed E-state index contributed by atoms with van der Waals surface area (Å²) in [4.78, 5) is 12.2. The summed E-state index contributed by atoms with van der Waals surface area (Å²) in [6.45, 7) is 5.01. The molecule has 94 valence electrons. The summed E-state index contributed by atoms with van der Waals surface area (Å²) >= 11 is 0. The molecule has 1 fully saturated rings. The highest BCUT2D eigenvalue weighted by Gasteiger charge is 2.30. The molecule has 0 aromatic rings. The quantitative estimate of drug-likeness (QED) is 0.754. The zero-order valence-electron chi connectivity index (χ0n) is 10.9. The van der Waals surface area contributed by atoms with Crippen LogP contribution < -0.4 is 5.73 Å². The number of hydrogen-bond donors (Lipinski definition) is 1. The molecule has 1 aliphatic carbocycles. The lowest BCUT2D eigenvalue weighted by Crippen LogP contribution is -2.29. The minimum Gasteiger partial charge on any atom is -0.330 e. The summed E-state index contributed by atoms with van der Waals surface area (Å²) in [6.07, 6.45) is 7.85. The first-order valence-electron chi connectivity index (χ1n) is 6.95. The van der Waals surface area contributed by atoms with Gasteiger partial charge < -0.3 is 5.73 Å². The van der Waals surface area contributed by atoms with Gasteiger partial charge in [0.2, 0.25) is 0 Å². The fourth-order valence-electron chi connectivity index (χ4n) is 2.95. The smallest absolute Gasteiger partial charge is 0.136 e. The van der Waals surface area contributed by atoms with E-state index < -0.39 is 0 Å². The molecule has 2 nitrogen and oxygen atoms in total. The number of nitrogens with two attached hydrogens (primary N) is 1. The van der Waals surface area contributed by atoms with E-state index in [2.05, 4.69) is 13.8 Å². The highest BCUT2D eigenvalue weighted by atomic mass is 16.1. The summed E-state index contributed by atoms with van der Waals surface area (Å²) in [5.74, 6) is 1.90. The van der Waals surface area contributed by atoms with Crippen LogP contribution in [0.3, 0.4) is 0 Å². The van der Waals surface area contributed by atoms with Gasteiger partial charge in [-0.25, -0.2) is 0 Å². The van der Waals surface area contributed by atoms with Crippen molar-refractivity contribution in [1.29, 1.82) is 0 Å². The van der Waals surface area contributed by atoms with Crippen LogP contribution >= 0.6 is 0 Å². The average molecular weight is 225 g/mol. The predicted molar refractivity (Wildman–Crippen MR) is 68.2 cm³/mol. The van der Waals surface area contributed by atoms with Crippen molar-refractivity contribution in [3.63, 3.8) is 0 Å². The van der Waals surface area contributed by atoms with E-state index in [1.165, 1.54) is 19.3 Å². The molecule has 0 aromatic carbocycles. The van der Waals surface area contributed by atoms with Crippen LogP contribution in [0.4, 0.5) is 0 Å². The van der Waals surface area contributed by atoms with Gasteiger partial charge in [0.25, 0.3) is 0 Å². The number of hydrogen-bond acceptors (Lipinski definition) is 2. The Morgan fingerprint density at radius 1 is 1.31 bits per heavy atom. The minimum atomic E-state index is 0.347. The van der Waals surface area contributed by atoms with Crippen molar-refractivity contribution in [2.75, 3.05) is 6.54 Å². The van der Waals surface area contributed by atoms with Crippen molar-refractivity contribution >= 4 is 5.78 Å². The molecule has 0 bridgehead atoms. The van der Waals surface area contributed by atoms with Crippen LogP contribution in [0.15, 0.2) is 0 Å². The largest absolute Gasteiger partial charge is 0.330 e. The van der Waals surface area contributed by atoms with E-state index in [1.54, 1.807) is 0 Å². The van der Waals surface area contributed by atoms with Crippen molar-refractivity contribution < 1.29 is 4.79 Å². The van der Waals surface area contributed by atoms with E-state index in [0.717, 1.165) is 19.3 Å². The topological polar surface area (TPSA) is 43.1 Å². The second-order valence-electron chi connectivity index (χ2n) is 5.24. The lowest BCUT2D eigenvalue weighted by Gasteiger charge is -2.30. The molecule has 1 saturated carbocycles. The van der Waals surface area contributed by atoms with Gasteiger partial charge in [0.15, 0.2) is 0 Å². The van der Waals surface area contributed by atoms with Gasteiger partial charge >= 0.3 is 0 Å². The SMILES string of the molecule is CCC(CN)CC(=O)C1CCCCC1CC. The van der Waals surface area contributed by atoms with Gasteiger partial charge in [0, 0.05) is 12.3 Å². The van der Waals surface area contributed by atoms with Crippen molar-refractivity contribution in [3.05, 3.63) is 0 Å². The first kappa shape index (κ1) is 13.7. The summed E-state index contributed by atoms with van der Waals surface area (Å²) < 4.78 is 0. The summed E-state index contributed by atoms with van der Waals surface area (Å²) in [6, 6.07) is 0. The van der Waals surface area contributed by atoms with Crippen LogP contribution in [0, 0.1) is 17.8 Å². The predicted octanol–water partition coefficient (Wildman–Crippen LogP) is 3.15. The molecule has 2 heteroatoms. The van der Waals surface area contributed by atoms with E-state index in [0.29, 0.717) is 36.5 Å². The Morgan fingerprint density at radius 2 is 2.00 bits per heavy atom. The number of Topliss-reactive ketones (excluding diaryl/α,β-unsaturated/α-hetero) is 1. The standard InChI is InChI=1S/C14H27NO/c1-3-11(10-15)9-14(16)13-8-6-5-7-12(13)4-2/h11-13H,3-10,15H2,1-2H3. The van der Waals surface area contributed by atoms with Crippen LogP contribution in [0.5, 0.6) is 0 Å². The second-order valence-corrected chi connectivity index (χ2v) is 5.24. The third kappa shape index (κ3) is 3.58. The van der Waals surface area contributed by atoms with Gasteiger partial charge in [-0.2, -0.15) is 0 Å². The zero-order chi connectivity index (χ0) is 12.0. The summed E-state index contributed by atoms with van der Waals surface area (Å²) in [5.41, 5.74) is 5.68. The van der Waals surface area contributed by atoms with Crippen LogP contribution in [0.1, 0.15) is 58.8 Å². The molecule has 0 spiro atoms. The van der Waals surface area contributed by atoms with Crippen LogP contribution in [0.2, 0.25) is 0 Å². The molecule has 3 unspecified atom stereocenters. The molecule has 0 heterocycles. The van der Waals surface area contributed by atoms with Gasteiger partial charge in [0.05, 0.1) is 0 Å². The van der Waals surface area contributed by atoms with E-state index in [4.69, 9.17) is 5.73 Å². The number of carbonyl (C=O) groups excluding carboxylic acids is 1. The first-order chi connectivity index (χ1) is 7.72. The molecular weight excluding hydrogens is 198 g/mol. The van der Waals surface area contributed by atoms with E-state index in [9.17, 15) is 4.79 Å². The molecule has 0 aliphatic heterocycles. The third-order valence-electron chi connectivity index (χ3n) is 4.25. The fraction of sp³-hybridized carbons (Fsp3) is 0.929. The van der Waals surface area contributed by atoms with Gasteiger partial charge in [0.1, 0.15) is 5.78 Å². The van der Waals surface area contributed by atoms with Gasteiger partial charge in [-0.05, 0) is 31.2 Å². The van der Waals surface area contributed by atoms with Gasteiger partial charge in [-0.1, -0.05) is 39.5 Å². The molecule has 0 saturated heterocycles. The summed E-state index contributed by atoms with van der Waals surface area (Å²) in [5, 5.41) is 0. The molecule has 0 radical (unpaired) electrons. The van der Waals surface area contributed by atoms with Crippen LogP contribution in [-0.4, -0.2) is 12.3 Å². The van der Waals surface area contributed by atoms with Crippen molar-refractivity contribution in [2.24, 2.45) is 23.5 Å². The maximum atomic E-state index is 12.2. The monoisotopic (exact) mass is 225 g/mol. The van der Waals surface area contributed by atoms with E-state index in [-0.39, 0.29) is 0 Å². The Hall–Kier alpha value is -0.370. The van der Waals surface area contributed by atoms with Gasteiger partial charge in [-0.3, -0.25) is 4.79 Å². The summed E-state index contributed by atoms with van der Waals surface area (Å²) in [7, 11) is 0. The molecule has 0 aromatic heterocycles. The van der Waals surface area contributed by atoms with Crippen molar-refractivity contribution in [1.82, 2.24) is 0 Å². The molecule has 0 amide bonds. The Morgan fingerprint density at radius 3 is 2.56 bits per heavy atom. The molecule has 16 heavy (non-hydrogen) atoms. The second kappa shape index (κ2) is 7.05. The lowest BCUT2D eigenvalue weighted by atomic mass is 9.74. The lowest BCUT2D eigenvalue weighted by molar-refractivity contribution is -0.126. The van der Waals surface area contributed by atoms with Crippen LogP contribution in [-0.2, 0) is 4.79 Å². The molecule has 1 rings (SSSR count). The molecule has 3 atom stereocenters. The number of rotatable bonds is 6. The highest BCUT2D eigenvalue weighted by molar-refractivity contribution is 5.81. The molecular formula is C14H27NO. The average Bonchev–Trinajstić information content (AvgIpc) is 2.35. The third-order valence-corrected chi connectivity index (χ3v) is 4.25. The Balaban J connectivity index is 2.50. The van der Waals surface area contributed by atoms with Crippen molar-refractivity contribution in [2.45, 2.75) is 58.8 Å². The van der Waals surface area contributed by atoms with E-state index >= 15 is 0 Å². The normalized spacial score (nSPS) is 27.7. The zero-order valence-corrected chi connectivity index (χ0v) is 10.9. The first-order valence-corrected chi connectivity index (χ1v) is 6.95. The fourth-order valence-corrected chi connectivity index (χ4v) is 2.95. The Kier molecular flexibility index (Phi) is 6.04. The Labute approximate surface area is 100.0 Å². The van der Waals surface area contributed by atoms with Gasteiger partial charge in [-0.15, -0.1) is 0 Å². The van der Waals surface area contributed by atoms with E-state index in [1.807, 2.05) is 0 Å². The van der Waals surface area contributed by atoms with Crippen LogP contribution in [0.25, 0.3) is 0 Å². The number of carbonyl (C=O) groups is 1. The van der Waals surface area contributed by atoms with Crippen molar-refractivity contribution in [3.8, 4) is 0 Å². The maximum Gasteiger partial charge on any atom is 0.136 e. The maximum absolute atomic E-state index is 12.2. The molecule has 1 aliphatic rings. The number of ketones is 1. The highest BCUT2D eigenvalue weighted by Crippen LogP contribution is 2.34. The minimum absolute atomic E-state index is 0.347. The Bertz CT molecular complexity index is 211. The molecule has 2 N–H and O–H groups in total.